The minimum absolute atomic E-state index is 0.253. The van der Waals surface area contributed by atoms with Gasteiger partial charge in [0.2, 0.25) is 0 Å². The number of aliphatic hydroxyl groups excluding tert-OH is 1. The first-order valence-electron chi connectivity index (χ1n) is 5.74. The molecule has 2 unspecified atom stereocenters. The Kier molecular flexibility index (Phi) is 5.43. The molecule has 3 heteroatoms. The summed E-state index contributed by atoms with van der Waals surface area (Å²) < 4.78 is 18.5. The predicted molar refractivity (Wildman–Crippen MR) is 61.7 cm³/mol. The second kappa shape index (κ2) is 6.61. The van der Waals surface area contributed by atoms with Gasteiger partial charge in [0, 0.05) is 6.61 Å². The van der Waals surface area contributed by atoms with Gasteiger partial charge < -0.3 is 9.84 Å². The lowest BCUT2D eigenvalue weighted by atomic mass is 10.0. The number of hydrogen-bond acceptors (Lipinski definition) is 2. The van der Waals surface area contributed by atoms with Gasteiger partial charge in [-0.25, -0.2) is 4.39 Å². The minimum atomic E-state index is -0.754. The van der Waals surface area contributed by atoms with E-state index in [4.69, 9.17) is 4.74 Å². The molecule has 0 spiro atoms. The molecule has 0 saturated carbocycles. The zero-order valence-corrected chi connectivity index (χ0v) is 9.82. The van der Waals surface area contributed by atoms with Crippen LogP contribution in [0.15, 0.2) is 24.3 Å². The van der Waals surface area contributed by atoms with Crippen molar-refractivity contribution in [2.45, 2.75) is 38.9 Å². The second-order valence-corrected chi connectivity index (χ2v) is 3.78. The van der Waals surface area contributed by atoms with Gasteiger partial charge in [-0.3, -0.25) is 0 Å². The van der Waals surface area contributed by atoms with Crippen molar-refractivity contribution in [3.63, 3.8) is 0 Å². The predicted octanol–water partition coefficient (Wildman–Crippen LogP) is 3.06. The number of rotatable bonds is 6. The Bertz CT molecular complexity index is 309. The van der Waals surface area contributed by atoms with Gasteiger partial charge >= 0.3 is 0 Å². The minimum Gasteiger partial charge on any atom is -0.386 e. The van der Waals surface area contributed by atoms with Crippen LogP contribution >= 0.6 is 0 Å². The van der Waals surface area contributed by atoms with E-state index in [0.717, 1.165) is 12.8 Å². The topological polar surface area (TPSA) is 29.5 Å². The Hall–Kier alpha value is -0.930. The molecule has 0 saturated heterocycles. The number of benzene rings is 1. The standard InChI is InChI=1S/C13H19FO2/c1-3-6-12(16-4-2)13(15)10-7-5-8-11(14)9-10/h5,7-9,12-13,15H,3-4,6H2,1-2H3. The summed E-state index contributed by atoms with van der Waals surface area (Å²) in [5, 5.41) is 10.1. The zero-order chi connectivity index (χ0) is 12.0. The van der Waals surface area contributed by atoms with Crippen LogP contribution in [0.25, 0.3) is 0 Å². The van der Waals surface area contributed by atoms with Crippen molar-refractivity contribution < 1.29 is 14.2 Å². The molecule has 0 aliphatic heterocycles. The van der Waals surface area contributed by atoms with E-state index in [2.05, 4.69) is 0 Å². The molecule has 2 nitrogen and oxygen atoms in total. The molecule has 2 atom stereocenters. The number of aliphatic hydroxyl groups is 1. The highest BCUT2D eigenvalue weighted by molar-refractivity contribution is 5.19. The van der Waals surface area contributed by atoms with Crippen molar-refractivity contribution >= 4 is 0 Å². The highest BCUT2D eigenvalue weighted by atomic mass is 19.1. The molecule has 1 N–H and O–H groups in total. The van der Waals surface area contributed by atoms with Crippen LogP contribution in [0, 0.1) is 5.82 Å². The number of halogens is 1. The third-order valence-corrected chi connectivity index (χ3v) is 2.50. The first-order valence-corrected chi connectivity index (χ1v) is 5.74. The molecule has 0 radical (unpaired) electrons. The van der Waals surface area contributed by atoms with Crippen molar-refractivity contribution in [3.8, 4) is 0 Å². The van der Waals surface area contributed by atoms with E-state index in [1.54, 1.807) is 12.1 Å². The summed E-state index contributed by atoms with van der Waals surface area (Å²) in [6.07, 6.45) is 0.690. The first-order chi connectivity index (χ1) is 7.69. The Morgan fingerprint density at radius 3 is 2.69 bits per heavy atom. The summed E-state index contributed by atoms with van der Waals surface area (Å²) in [6, 6.07) is 6.04. The molecular formula is C13H19FO2. The third kappa shape index (κ3) is 3.58. The van der Waals surface area contributed by atoms with E-state index in [0.29, 0.717) is 12.2 Å². The molecule has 0 amide bonds. The van der Waals surface area contributed by atoms with Crippen LogP contribution in [-0.4, -0.2) is 17.8 Å². The zero-order valence-electron chi connectivity index (χ0n) is 9.82. The molecule has 0 aliphatic carbocycles. The molecule has 16 heavy (non-hydrogen) atoms. The van der Waals surface area contributed by atoms with E-state index < -0.39 is 6.10 Å². The van der Waals surface area contributed by atoms with Crippen LogP contribution < -0.4 is 0 Å². The van der Waals surface area contributed by atoms with E-state index >= 15 is 0 Å². The van der Waals surface area contributed by atoms with Gasteiger partial charge in [0.15, 0.2) is 0 Å². The normalized spacial score (nSPS) is 14.8. The molecule has 1 aromatic rings. The summed E-state index contributed by atoms with van der Waals surface area (Å²) in [5.41, 5.74) is 0.576. The van der Waals surface area contributed by atoms with Gasteiger partial charge in [-0.15, -0.1) is 0 Å². The first kappa shape index (κ1) is 13.1. The van der Waals surface area contributed by atoms with Crippen LogP contribution in [-0.2, 0) is 4.74 Å². The fourth-order valence-electron chi connectivity index (χ4n) is 1.74. The maximum Gasteiger partial charge on any atom is 0.123 e. The van der Waals surface area contributed by atoms with Crippen LogP contribution in [0.4, 0.5) is 4.39 Å². The average Bonchev–Trinajstić information content (AvgIpc) is 2.28. The molecule has 0 aromatic heterocycles. The smallest absolute Gasteiger partial charge is 0.123 e. The van der Waals surface area contributed by atoms with Gasteiger partial charge in [0.25, 0.3) is 0 Å². The molecule has 0 fully saturated rings. The quantitative estimate of drug-likeness (QED) is 0.807. The number of hydrogen-bond donors (Lipinski definition) is 1. The summed E-state index contributed by atoms with van der Waals surface area (Å²) in [4.78, 5) is 0. The largest absolute Gasteiger partial charge is 0.386 e. The molecule has 0 bridgehead atoms. The Balaban J connectivity index is 2.76. The van der Waals surface area contributed by atoms with Gasteiger partial charge in [-0.1, -0.05) is 25.5 Å². The maximum absolute atomic E-state index is 13.0. The monoisotopic (exact) mass is 226 g/mol. The summed E-state index contributed by atoms with van der Waals surface area (Å²) in [5.74, 6) is -0.330. The number of ether oxygens (including phenoxy) is 1. The summed E-state index contributed by atoms with van der Waals surface area (Å²) in [6.45, 7) is 4.47. The van der Waals surface area contributed by atoms with E-state index in [9.17, 15) is 9.50 Å². The van der Waals surface area contributed by atoms with Crippen molar-refractivity contribution in [1.82, 2.24) is 0 Å². The summed E-state index contributed by atoms with van der Waals surface area (Å²) in [7, 11) is 0. The molecule has 0 heterocycles. The average molecular weight is 226 g/mol. The van der Waals surface area contributed by atoms with Gasteiger partial charge in [-0.05, 0) is 31.0 Å². The molecular weight excluding hydrogens is 207 g/mol. The highest BCUT2D eigenvalue weighted by Crippen LogP contribution is 2.23. The van der Waals surface area contributed by atoms with Gasteiger partial charge in [0.05, 0.1) is 6.10 Å². The van der Waals surface area contributed by atoms with E-state index in [-0.39, 0.29) is 11.9 Å². The molecule has 1 rings (SSSR count). The lowest BCUT2D eigenvalue weighted by molar-refractivity contribution is -0.0385. The maximum atomic E-state index is 13.0. The Morgan fingerprint density at radius 2 is 2.12 bits per heavy atom. The van der Waals surface area contributed by atoms with Crippen LogP contribution in [0.2, 0.25) is 0 Å². The Morgan fingerprint density at radius 1 is 1.38 bits per heavy atom. The van der Waals surface area contributed by atoms with Crippen molar-refractivity contribution in [2.24, 2.45) is 0 Å². The van der Waals surface area contributed by atoms with Crippen molar-refractivity contribution in [2.75, 3.05) is 6.61 Å². The fraction of sp³-hybridized carbons (Fsp3) is 0.538. The SMILES string of the molecule is CCCC(OCC)C(O)c1cccc(F)c1. The molecule has 0 aliphatic rings. The lowest BCUT2D eigenvalue weighted by Crippen LogP contribution is -2.22. The summed E-state index contributed by atoms with van der Waals surface area (Å²) >= 11 is 0. The van der Waals surface area contributed by atoms with Crippen molar-refractivity contribution in [3.05, 3.63) is 35.6 Å². The van der Waals surface area contributed by atoms with E-state index in [1.807, 2.05) is 13.8 Å². The Labute approximate surface area is 96.1 Å². The lowest BCUT2D eigenvalue weighted by Gasteiger charge is -2.22. The highest BCUT2D eigenvalue weighted by Gasteiger charge is 2.20. The van der Waals surface area contributed by atoms with Gasteiger partial charge in [0.1, 0.15) is 11.9 Å². The molecule has 90 valence electrons. The second-order valence-electron chi connectivity index (χ2n) is 3.78. The third-order valence-electron chi connectivity index (χ3n) is 2.50. The van der Waals surface area contributed by atoms with E-state index in [1.165, 1.54) is 12.1 Å². The van der Waals surface area contributed by atoms with Gasteiger partial charge in [-0.2, -0.15) is 0 Å². The fourth-order valence-corrected chi connectivity index (χ4v) is 1.74. The van der Waals surface area contributed by atoms with Crippen LogP contribution in [0.1, 0.15) is 38.4 Å². The molecule has 1 aromatic carbocycles. The van der Waals surface area contributed by atoms with Crippen LogP contribution in [0.5, 0.6) is 0 Å². The van der Waals surface area contributed by atoms with Crippen LogP contribution in [0.3, 0.4) is 0 Å². The van der Waals surface area contributed by atoms with Crippen molar-refractivity contribution in [1.29, 1.82) is 0 Å².